The van der Waals surface area contributed by atoms with Crippen LogP contribution in [0.2, 0.25) is 0 Å². The molecule has 1 aliphatic carbocycles. The van der Waals surface area contributed by atoms with E-state index in [4.69, 9.17) is 0 Å². The Morgan fingerprint density at radius 1 is 1.38 bits per heavy atom. The molecule has 2 rings (SSSR count). The van der Waals surface area contributed by atoms with Crippen molar-refractivity contribution in [3.8, 4) is 0 Å². The van der Waals surface area contributed by atoms with Crippen LogP contribution in [0.25, 0.3) is 0 Å². The van der Waals surface area contributed by atoms with Gasteiger partial charge in [-0.2, -0.15) is 11.8 Å². The maximum atomic E-state index is 11.7. The fraction of sp³-hybridized carbons (Fsp3) is 0.917. The molecule has 0 spiro atoms. The first-order valence-corrected chi connectivity index (χ1v) is 7.40. The summed E-state index contributed by atoms with van der Waals surface area (Å²) in [6.45, 7) is 1.51. The Balaban J connectivity index is 1.57. The number of nitrogens with zero attached hydrogens (tertiary/aromatic N) is 1. The molecule has 2 aliphatic rings. The van der Waals surface area contributed by atoms with Gasteiger partial charge in [-0.05, 0) is 31.4 Å². The van der Waals surface area contributed by atoms with Gasteiger partial charge in [-0.1, -0.05) is 6.42 Å². The van der Waals surface area contributed by atoms with Gasteiger partial charge in [0.05, 0.1) is 6.54 Å². The molecule has 0 aromatic carbocycles. The summed E-state index contributed by atoms with van der Waals surface area (Å²) < 4.78 is 0. The van der Waals surface area contributed by atoms with Crippen LogP contribution in [0, 0.1) is 0 Å². The molecule has 1 unspecified atom stereocenters. The lowest BCUT2D eigenvalue weighted by Crippen LogP contribution is -2.39. The van der Waals surface area contributed by atoms with Crippen molar-refractivity contribution in [2.24, 2.45) is 0 Å². The van der Waals surface area contributed by atoms with Crippen LogP contribution in [-0.2, 0) is 4.79 Å². The van der Waals surface area contributed by atoms with Crippen LogP contribution in [0.15, 0.2) is 0 Å². The molecule has 0 radical (unpaired) electrons. The zero-order valence-electron chi connectivity index (χ0n) is 10.1. The Kier molecular flexibility index (Phi) is 4.53. The predicted octanol–water partition coefficient (Wildman–Crippen LogP) is 1.48. The monoisotopic (exact) mass is 242 g/mol. The molecular weight excluding hydrogens is 220 g/mol. The zero-order chi connectivity index (χ0) is 11.4. The summed E-state index contributed by atoms with van der Waals surface area (Å²) in [4.78, 5) is 13.6. The minimum absolute atomic E-state index is 0.253. The molecule has 0 bridgehead atoms. The molecule has 16 heavy (non-hydrogen) atoms. The first kappa shape index (κ1) is 12.2. The summed E-state index contributed by atoms with van der Waals surface area (Å²) in [7, 11) is 1.93. The van der Waals surface area contributed by atoms with Crippen molar-refractivity contribution < 1.29 is 4.79 Å². The lowest BCUT2D eigenvalue weighted by atomic mass is 10.2. The third-order valence-electron chi connectivity index (χ3n) is 3.41. The standard InChI is InChI=1S/C12H22N2OS/c1-14(10-5-6-10)12(15)9-13-8-11-4-2-3-7-16-11/h10-11,13H,2-9H2,1H3. The highest BCUT2D eigenvalue weighted by Gasteiger charge is 2.29. The number of nitrogens with one attached hydrogen (secondary N) is 1. The molecule has 1 saturated heterocycles. The van der Waals surface area contributed by atoms with E-state index >= 15 is 0 Å². The zero-order valence-corrected chi connectivity index (χ0v) is 10.9. The van der Waals surface area contributed by atoms with Gasteiger partial charge in [0.1, 0.15) is 0 Å². The van der Waals surface area contributed by atoms with Crippen LogP contribution in [-0.4, -0.2) is 48.0 Å². The summed E-state index contributed by atoms with van der Waals surface area (Å²) >= 11 is 2.05. The predicted molar refractivity (Wildman–Crippen MR) is 68.8 cm³/mol. The number of carbonyl (C=O) groups excluding carboxylic acids is 1. The number of likely N-dealkylation sites (N-methyl/N-ethyl adjacent to an activating group) is 1. The maximum Gasteiger partial charge on any atom is 0.236 e. The quantitative estimate of drug-likeness (QED) is 0.792. The summed E-state index contributed by atoms with van der Waals surface area (Å²) in [6.07, 6.45) is 6.42. The Labute approximate surface area is 102 Å². The minimum Gasteiger partial charge on any atom is -0.342 e. The average molecular weight is 242 g/mol. The first-order valence-electron chi connectivity index (χ1n) is 6.35. The molecule has 1 heterocycles. The summed E-state index contributed by atoms with van der Waals surface area (Å²) in [5.41, 5.74) is 0. The van der Waals surface area contributed by atoms with Crippen LogP contribution in [0.4, 0.5) is 0 Å². The molecule has 1 N–H and O–H groups in total. The van der Waals surface area contributed by atoms with Gasteiger partial charge in [0.15, 0.2) is 0 Å². The number of thioether (sulfide) groups is 1. The van der Waals surface area contributed by atoms with Gasteiger partial charge in [0, 0.05) is 24.9 Å². The van der Waals surface area contributed by atoms with Gasteiger partial charge in [-0.25, -0.2) is 0 Å². The number of hydrogen-bond donors (Lipinski definition) is 1. The Morgan fingerprint density at radius 3 is 2.81 bits per heavy atom. The second kappa shape index (κ2) is 5.92. The van der Waals surface area contributed by atoms with E-state index < -0.39 is 0 Å². The smallest absolute Gasteiger partial charge is 0.236 e. The van der Waals surface area contributed by atoms with E-state index in [-0.39, 0.29) is 5.91 Å². The molecule has 1 atom stereocenters. The van der Waals surface area contributed by atoms with Crippen LogP contribution in [0.1, 0.15) is 32.1 Å². The Bertz CT molecular complexity index is 237. The molecule has 3 nitrogen and oxygen atoms in total. The topological polar surface area (TPSA) is 32.3 Å². The lowest BCUT2D eigenvalue weighted by molar-refractivity contribution is -0.129. The van der Waals surface area contributed by atoms with Crippen LogP contribution in [0.3, 0.4) is 0 Å². The molecule has 92 valence electrons. The van der Waals surface area contributed by atoms with Crippen molar-refractivity contribution in [2.45, 2.75) is 43.4 Å². The highest BCUT2D eigenvalue weighted by molar-refractivity contribution is 7.99. The number of carbonyl (C=O) groups is 1. The van der Waals surface area contributed by atoms with Crippen LogP contribution < -0.4 is 5.32 Å². The van der Waals surface area contributed by atoms with Crippen molar-refractivity contribution in [3.05, 3.63) is 0 Å². The largest absolute Gasteiger partial charge is 0.342 e. The third kappa shape index (κ3) is 3.67. The average Bonchev–Trinajstić information content (AvgIpc) is 3.13. The molecule has 0 aromatic rings. The summed E-state index contributed by atoms with van der Waals surface area (Å²) in [5, 5.41) is 4.04. The fourth-order valence-corrected chi connectivity index (χ4v) is 3.37. The van der Waals surface area contributed by atoms with Crippen molar-refractivity contribution in [1.29, 1.82) is 0 Å². The van der Waals surface area contributed by atoms with Crippen molar-refractivity contribution in [3.63, 3.8) is 0 Å². The molecule has 2 fully saturated rings. The van der Waals surface area contributed by atoms with Gasteiger partial charge < -0.3 is 10.2 Å². The third-order valence-corrected chi connectivity index (χ3v) is 4.81. The van der Waals surface area contributed by atoms with E-state index in [1.54, 1.807) is 0 Å². The molecule has 1 amide bonds. The molecular formula is C12H22N2OS. The maximum absolute atomic E-state index is 11.7. The van der Waals surface area contributed by atoms with Gasteiger partial charge in [0.2, 0.25) is 5.91 Å². The molecule has 1 saturated carbocycles. The molecule has 0 aromatic heterocycles. The van der Waals surface area contributed by atoms with Crippen molar-refractivity contribution in [1.82, 2.24) is 10.2 Å². The van der Waals surface area contributed by atoms with Gasteiger partial charge in [0.25, 0.3) is 0 Å². The summed E-state index contributed by atoms with van der Waals surface area (Å²) in [6, 6.07) is 0.540. The number of hydrogen-bond acceptors (Lipinski definition) is 3. The number of amides is 1. The van der Waals surface area contributed by atoms with E-state index in [9.17, 15) is 4.79 Å². The van der Waals surface area contributed by atoms with E-state index in [2.05, 4.69) is 17.1 Å². The van der Waals surface area contributed by atoms with Crippen molar-refractivity contribution in [2.75, 3.05) is 25.9 Å². The van der Waals surface area contributed by atoms with Gasteiger partial charge in [-0.3, -0.25) is 4.79 Å². The second-order valence-electron chi connectivity index (χ2n) is 4.86. The highest BCUT2D eigenvalue weighted by Crippen LogP contribution is 2.25. The Hall–Kier alpha value is -0.220. The SMILES string of the molecule is CN(C(=O)CNCC1CCCCS1)C1CC1. The van der Waals surface area contributed by atoms with Gasteiger partial charge in [-0.15, -0.1) is 0 Å². The van der Waals surface area contributed by atoms with Crippen LogP contribution >= 0.6 is 11.8 Å². The van der Waals surface area contributed by atoms with Crippen LogP contribution in [0.5, 0.6) is 0 Å². The van der Waals surface area contributed by atoms with E-state index in [0.29, 0.717) is 12.6 Å². The van der Waals surface area contributed by atoms with E-state index in [1.165, 1.54) is 37.9 Å². The lowest BCUT2D eigenvalue weighted by Gasteiger charge is -2.22. The van der Waals surface area contributed by atoms with E-state index in [1.807, 2.05) is 11.9 Å². The minimum atomic E-state index is 0.253. The highest BCUT2D eigenvalue weighted by atomic mass is 32.2. The first-order chi connectivity index (χ1) is 7.77. The summed E-state index contributed by atoms with van der Waals surface area (Å²) in [5.74, 6) is 1.55. The molecule has 1 aliphatic heterocycles. The normalized spacial score (nSPS) is 25.4. The molecule has 4 heteroatoms. The number of rotatable bonds is 5. The van der Waals surface area contributed by atoms with Gasteiger partial charge >= 0.3 is 0 Å². The Morgan fingerprint density at radius 2 is 2.19 bits per heavy atom. The fourth-order valence-electron chi connectivity index (χ4n) is 2.10. The second-order valence-corrected chi connectivity index (χ2v) is 6.26. The van der Waals surface area contributed by atoms with Crippen molar-refractivity contribution >= 4 is 17.7 Å². The van der Waals surface area contributed by atoms with E-state index in [0.717, 1.165) is 11.8 Å².